The smallest absolute Gasteiger partial charge is 0.352 e. The van der Waals surface area contributed by atoms with Crippen LogP contribution in [-0.4, -0.2) is 36.8 Å². The molecule has 2 aromatic rings. The summed E-state index contributed by atoms with van der Waals surface area (Å²) in [4.78, 5) is 37.8. The minimum Gasteiger partial charge on any atom is -0.506 e. The third kappa shape index (κ3) is 5.30. The van der Waals surface area contributed by atoms with Crippen LogP contribution in [0.5, 0.6) is 5.75 Å². The zero-order valence-corrected chi connectivity index (χ0v) is 19.2. The fourth-order valence-corrected chi connectivity index (χ4v) is 3.38. The van der Waals surface area contributed by atoms with Gasteiger partial charge in [-0.2, -0.15) is 4.68 Å². The number of phenolic OH excluding ortho intramolecular Hbond substituents is 1. The molecule has 0 radical (unpaired) electrons. The topological polar surface area (TPSA) is 109 Å². The predicted molar refractivity (Wildman–Crippen MR) is 118 cm³/mol. The minimum atomic E-state index is -0.558. The van der Waals surface area contributed by atoms with Crippen LogP contribution in [0.15, 0.2) is 27.8 Å². The lowest BCUT2D eigenvalue weighted by Crippen LogP contribution is -2.51. The first-order chi connectivity index (χ1) is 13.6. The van der Waals surface area contributed by atoms with E-state index in [9.17, 15) is 19.5 Å². The summed E-state index contributed by atoms with van der Waals surface area (Å²) < 4.78 is 2.12. The Balaban J connectivity index is 2.50. The van der Waals surface area contributed by atoms with Gasteiger partial charge in [-0.15, -0.1) is 0 Å². The molecule has 0 spiro atoms. The number of hydrogen-bond acceptors (Lipinski definition) is 5. The lowest BCUT2D eigenvalue weighted by Gasteiger charge is -2.32. The zero-order valence-electron chi connectivity index (χ0n) is 19.2. The van der Waals surface area contributed by atoms with Crippen LogP contribution in [0.4, 0.5) is 0 Å². The molecule has 30 heavy (non-hydrogen) atoms. The molecule has 0 saturated heterocycles. The van der Waals surface area contributed by atoms with Crippen LogP contribution in [0.2, 0.25) is 0 Å². The van der Waals surface area contributed by atoms with Crippen LogP contribution >= 0.6 is 0 Å². The Morgan fingerprint density at radius 2 is 1.73 bits per heavy atom. The monoisotopic (exact) mass is 418 g/mol. The Morgan fingerprint density at radius 1 is 1.13 bits per heavy atom. The maximum atomic E-state index is 13.0. The first kappa shape index (κ1) is 23.7. The van der Waals surface area contributed by atoms with Gasteiger partial charge in [0.25, 0.3) is 0 Å². The normalized spacial score (nSPS) is 13.6. The van der Waals surface area contributed by atoms with Crippen LogP contribution in [0, 0.1) is 5.41 Å². The molecule has 8 heteroatoms. The van der Waals surface area contributed by atoms with Gasteiger partial charge in [0.05, 0.1) is 6.04 Å². The minimum absolute atomic E-state index is 0.0728. The van der Waals surface area contributed by atoms with Crippen molar-refractivity contribution in [3.05, 3.63) is 44.7 Å². The highest BCUT2D eigenvalue weighted by atomic mass is 16.3. The molecular weight excluding hydrogens is 384 g/mol. The van der Waals surface area contributed by atoms with E-state index in [0.29, 0.717) is 6.42 Å². The van der Waals surface area contributed by atoms with Crippen molar-refractivity contribution >= 4 is 5.78 Å². The van der Waals surface area contributed by atoms with Crippen LogP contribution in [0.1, 0.15) is 67.0 Å². The number of rotatable bonds is 6. The molecule has 0 fully saturated rings. The number of carbonyl (C=O) groups is 1. The van der Waals surface area contributed by atoms with Gasteiger partial charge in [0, 0.05) is 17.0 Å². The summed E-state index contributed by atoms with van der Waals surface area (Å²) in [5.41, 5.74) is -0.979. The zero-order chi connectivity index (χ0) is 23.0. The van der Waals surface area contributed by atoms with Gasteiger partial charge in [0.2, 0.25) is 0 Å². The van der Waals surface area contributed by atoms with Crippen LogP contribution < -0.4 is 16.7 Å². The number of nitrogens with zero attached hydrogens (tertiary/aromatic N) is 2. The molecule has 166 valence electrons. The molecule has 0 bridgehead atoms. The second-order valence-electron chi connectivity index (χ2n) is 10.1. The molecule has 0 aliphatic rings. The quantitative estimate of drug-likeness (QED) is 0.668. The lowest BCUT2D eigenvalue weighted by atomic mass is 9.83. The van der Waals surface area contributed by atoms with Crippen molar-refractivity contribution in [1.29, 1.82) is 0 Å². The average Bonchev–Trinajstić information content (AvgIpc) is 2.87. The Bertz CT molecular complexity index is 1030. The first-order valence-corrected chi connectivity index (χ1v) is 10.2. The fourth-order valence-electron chi connectivity index (χ4n) is 3.38. The lowest BCUT2D eigenvalue weighted by molar-refractivity contribution is -0.128. The number of Topliss-reactive ketones (excluding diaryl/α,β-unsaturated/α-hetero) is 1. The second kappa shape index (κ2) is 8.26. The fraction of sp³-hybridized carbons (Fsp3) is 0.591. The third-order valence-electron chi connectivity index (χ3n) is 4.72. The van der Waals surface area contributed by atoms with Gasteiger partial charge in [-0.05, 0) is 58.7 Å². The standard InChI is InChI=1S/C22H34N4O4/c1-13(2)25-19(29)24-26(20(25)30)16-12-14(9-10-17(16)27)11-15(23-22(6,7)8)18(28)21(3,4)5/h9-10,12-13,15,23,27H,11H2,1-8H3,(H,24,29)/t15-/m0/s1. The number of benzene rings is 1. The number of hydrogen-bond donors (Lipinski definition) is 3. The predicted octanol–water partition coefficient (Wildman–Crippen LogP) is 2.53. The number of aromatic amines is 1. The van der Waals surface area contributed by atoms with E-state index < -0.39 is 22.8 Å². The van der Waals surface area contributed by atoms with Gasteiger partial charge in [-0.3, -0.25) is 4.79 Å². The number of nitrogens with one attached hydrogen (secondary N) is 2. The average molecular weight is 419 g/mol. The molecular formula is C22H34N4O4. The van der Waals surface area contributed by atoms with Crippen LogP contribution in [0.3, 0.4) is 0 Å². The first-order valence-electron chi connectivity index (χ1n) is 10.2. The summed E-state index contributed by atoms with van der Waals surface area (Å²) in [7, 11) is 0. The highest BCUT2D eigenvalue weighted by Crippen LogP contribution is 2.25. The second-order valence-corrected chi connectivity index (χ2v) is 10.1. The number of aromatic hydroxyl groups is 1. The summed E-state index contributed by atoms with van der Waals surface area (Å²) in [5.74, 6) is -0.0657. The van der Waals surface area contributed by atoms with Crippen LogP contribution in [0.25, 0.3) is 5.69 Å². The molecule has 1 aromatic carbocycles. The Kier molecular flexibility index (Phi) is 6.51. The molecule has 0 unspecified atom stereocenters. The molecule has 0 amide bonds. The Labute approximate surface area is 176 Å². The van der Waals surface area contributed by atoms with E-state index in [1.807, 2.05) is 41.5 Å². The van der Waals surface area contributed by atoms with Crippen molar-refractivity contribution < 1.29 is 9.90 Å². The number of phenols is 1. The van der Waals surface area contributed by atoms with E-state index in [2.05, 4.69) is 10.4 Å². The van der Waals surface area contributed by atoms with Gasteiger partial charge >= 0.3 is 11.4 Å². The highest BCUT2D eigenvalue weighted by molar-refractivity contribution is 5.89. The summed E-state index contributed by atoms with van der Waals surface area (Å²) in [6, 6.07) is 4.05. The summed E-state index contributed by atoms with van der Waals surface area (Å²) >= 11 is 0. The van der Waals surface area contributed by atoms with Crippen LogP contribution in [-0.2, 0) is 11.2 Å². The highest BCUT2D eigenvalue weighted by Gasteiger charge is 2.32. The molecule has 2 rings (SSSR count). The molecule has 0 saturated carbocycles. The van der Waals surface area contributed by atoms with E-state index in [1.165, 1.54) is 6.07 Å². The SMILES string of the molecule is CC(C)n1c(=O)[nH]n(-c2cc(C[C@H](NC(C)(C)C)C(=O)C(C)(C)C)ccc2O)c1=O. The summed E-state index contributed by atoms with van der Waals surface area (Å²) in [6.45, 7) is 15.1. The third-order valence-corrected chi connectivity index (χ3v) is 4.72. The Morgan fingerprint density at radius 3 is 2.20 bits per heavy atom. The maximum Gasteiger partial charge on any atom is 0.352 e. The summed E-state index contributed by atoms with van der Waals surface area (Å²) in [6.07, 6.45) is 0.379. The number of carbonyl (C=O) groups excluding carboxylic acids is 1. The molecule has 1 aromatic heterocycles. The van der Waals surface area contributed by atoms with E-state index >= 15 is 0 Å². The number of H-pyrrole nitrogens is 1. The Hall–Kier alpha value is -2.61. The molecule has 3 N–H and O–H groups in total. The molecule has 1 heterocycles. The van der Waals surface area contributed by atoms with Crippen molar-refractivity contribution in [3.8, 4) is 11.4 Å². The summed E-state index contributed by atoms with van der Waals surface area (Å²) in [5, 5.41) is 16.2. The van der Waals surface area contributed by atoms with E-state index in [1.54, 1.807) is 26.0 Å². The van der Waals surface area contributed by atoms with Gasteiger partial charge in [0.1, 0.15) is 11.4 Å². The van der Waals surface area contributed by atoms with E-state index in [-0.39, 0.29) is 28.8 Å². The van der Waals surface area contributed by atoms with Crippen molar-refractivity contribution in [3.63, 3.8) is 0 Å². The maximum absolute atomic E-state index is 13.0. The van der Waals surface area contributed by atoms with Crippen molar-refractivity contribution in [1.82, 2.24) is 19.7 Å². The molecule has 0 aliphatic carbocycles. The van der Waals surface area contributed by atoms with Gasteiger partial charge in [-0.25, -0.2) is 19.3 Å². The van der Waals surface area contributed by atoms with Gasteiger partial charge in [-0.1, -0.05) is 26.8 Å². The number of aromatic nitrogens is 3. The van der Waals surface area contributed by atoms with E-state index in [0.717, 1.165) is 14.8 Å². The van der Waals surface area contributed by atoms with Crippen molar-refractivity contribution in [2.75, 3.05) is 0 Å². The van der Waals surface area contributed by atoms with Crippen molar-refractivity contribution in [2.24, 2.45) is 5.41 Å². The molecule has 0 aliphatic heterocycles. The molecule has 8 nitrogen and oxygen atoms in total. The van der Waals surface area contributed by atoms with Crippen molar-refractivity contribution in [2.45, 2.75) is 79.4 Å². The van der Waals surface area contributed by atoms with E-state index in [4.69, 9.17) is 0 Å². The van der Waals surface area contributed by atoms with Gasteiger partial charge < -0.3 is 10.4 Å². The largest absolute Gasteiger partial charge is 0.506 e. The number of ketones is 1. The van der Waals surface area contributed by atoms with Gasteiger partial charge in [0.15, 0.2) is 5.78 Å². The molecule has 1 atom stereocenters.